The van der Waals surface area contributed by atoms with Gasteiger partial charge in [-0.15, -0.1) is 0 Å². The molecule has 1 aliphatic carbocycles. The van der Waals surface area contributed by atoms with Crippen LogP contribution in [0.3, 0.4) is 0 Å². The number of methoxy groups -OCH3 is 3. The third kappa shape index (κ3) is 4.20. The minimum Gasteiger partial charge on any atom is -0.495 e. The number of benzene rings is 2. The fourth-order valence-electron chi connectivity index (χ4n) is 3.36. The lowest BCUT2D eigenvalue weighted by Gasteiger charge is -2.19. The Morgan fingerprint density at radius 1 is 0.852 bits per heavy atom. The molecule has 2 aromatic rings. The molecule has 2 aromatic carbocycles. The number of aryl methyl sites for hydroxylation is 2. The van der Waals surface area contributed by atoms with E-state index in [2.05, 4.69) is 4.72 Å². The molecule has 27 heavy (non-hydrogen) atoms. The van der Waals surface area contributed by atoms with Crippen LogP contribution in [-0.4, -0.2) is 29.7 Å². The Bertz CT molecular complexity index is 924. The van der Waals surface area contributed by atoms with Crippen LogP contribution in [0.5, 0.6) is 17.2 Å². The zero-order valence-electron chi connectivity index (χ0n) is 15.9. The number of nitrogens with one attached hydrogen (secondary N) is 1. The van der Waals surface area contributed by atoms with Crippen LogP contribution in [-0.2, 0) is 29.4 Å². The molecule has 1 N–H and O–H groups in total. The van der Waals surface area contributed by atoms with Crippen molar-refractivity contribution in [2.24, 2.45) is 0 Å². The zero-order valence-corrected chi connectivity index (χ0v) is 16.7. The lowest BCUT2D eigenvalue weighted by molar-refractivity contribution is 0.354. The fourth-order valence-corrected chi connectivity index (χ4v) is 4.57. The van der Waals surface area contributed by atoms with Gasteiger partial charge in [0, 0.05) is 6.54 Å². The predicted octanol–water partition coefficient (Wildman–Crippen LogP) is 3.07. The molecule has 0 radical (unpaired) electrons. The van der Waals surface area contributed by atoms with Crippen molar-refractivity contribution in [2.45, 2.75) is 37.1 Å². The lowest BCUT2D eigenvalue weighted by atomic mass is 9.92. The normalized spacial score (nSPS) is 13.7. The average Bonchev–Trinajstić information content (AvgIpc) is 2.70. The smallest absolute Gasteiger partial charge is 0.244 e. The minimum absolute atomic E-state index is 0.142. The number of sulfonamides is 1. The zero-order chi connectivity index (χ0) is 19.4. The molecule has 0 fully saturated rings. The van der Waals surface area contributed by atoms with Gasteiger partial charge in [-0.05, 0) is 66.6 Å². The first-order chi connectivity index (χ1) is 13.0. The Morgan fingerprint density at radius 3 is 2.11 bits per heavy atom. The molecule has 7 heteroatoms. The molecule has 0 aromatic heterocycles. The highest BCUT2D eigenvalue weighted by atomic mass is 32.2. The molecule has 0 unspecified atom stereocenters. The maximum Gasteiger partial charge on any atom is 0.244 e. The van der Waals surface area contributed by atoms with Gasteiger partial charge < -0.3 is 14.2 Å². The third-order valence-corrected chi connectivity index (χ3v) is 6.25. The van der Waals surface area contributed by atoms with Gasteiger partial charge in [-0.1, -0.05) is 6.07 Å². The van der Waals surface area contributed by atoms with Crippen molar-refractivity contribution in [3.63, 3.8) is 0 Å². The third-order valence-electron chi connectivity index (χ3n) is 4.83. The van der Waals surface area contributed by atoms with E-state index >= 15 is 0 Å². The summed E-state index contributed by atoms with van der Waals surface area (Å²) in [7, 11) is 0.884. The molecule has 0 heterocycles. The van der Waals surface area contributed by atoms with Gasteiger partial charge in [0.05, 0.1) is 21.3 Å². The Hall–Kier alpha value is -2.25. The second kappa shape index (κ2) is 8.19. The summed E-state index contributed by atoms with van der Waals surface area (Å²) in [5, 5.41) is 0. The highest BCUT2D eigenvalue weighted by Gasteiger charge is 2.23. The van der Waals surface area contributed by atoms with E-state index < -0.39 is 10.0 Å². The Balaban J connectivity index is 1.85. The number of hydrogen-bond donors (Lipinski definition) is 1. The van der Waals surface area contributed by atoms with Gasteiger partial charge in [0.15, 0.2) is 11.5 Å². The average molecular weight is 391 g/mol. The van der Waals surface area contributed by atoms with E-state index in [0.717, 1.165) is 36.8 Å². The van der Waals surface area contributed by atoms with Gasteiger partial charge in [0.1, 0.15) is 10.6 Å². The summed E-state index contributed by atoms with van der Waals surface area (Å²) in [6.07, 6.45) is 4.07. The summed E-state index contributed by atoms with van der Waals surface area (Å²) in [6, 6.07) is 8.92. The standard InChI is InChI=1S/C20H25NO5S/c1-24-17-9-8-14(10-18(17)25-2)13-21-27(22,23)20-12-16-7-5-4-6-15(16)11-19(20)26-3/h8-12,21H,4-7,13H2,1-3H3. The molecular formula is C20H25NO5S. The first kappa shape index (κ1) is 19.5. The second-order valence-electron chi connectivity index (χ2n) is 6.49. The summed E-state index contributed by atoms with van der Waals surface area (Å²) in [4.78, 5) is 0.186. The van der Waals surface area contributed by atoms with Crippen LogP contribution in [0.2, 0.25) is 0 Å². The van der Waals surface area contributed by atoms with Crippen LogP contribution in [0.25, 0.3) is 0 Å². The SMILES string of the molecule is COc1ccc(CNS(=O)(=O)c2cc3c(cc2OC)CCCC3)cc1OC. The van der Waals surface area contributed by atoms with Crippen molar-refractivity contribution in [3.05, 3.63) is 47.0 Å². The van der Waals surface area contributed by atoms with Crippen molar-refractivity contribution in [2.75, 3.05) is 21.3 Å². The van der Waals surface area contributed by atoms with Gasteiger partial charge in [0.25, 0.3) is 0 Å². The molecule has 0 bridgehead atoms. The number of rotatable bonds is 7. The maximum absolute atomic E-state index is 12.9. The largest absolute Gasteiger partial charge is 0.495 e. The van der Waals surface area contributed by atoms with E-state index in [1.807, 2.05) is 6.07 Å². The van der Waals surface area contributed by atoms with E-state index in [9.17, 15) is 8.42 Å². The summed E-state index contributed by atoms with van der Waals surface area (Å²) in [6.45, 7) is 0.142. The Morgan fingerprint density at radius 2 is 1.48 bits per heavy atom. The topological polar surface area (TPSA) is 73.9 Å². The second-order valence-corrected chi connectivity index (χ2v) is 8.23. The van der Waals surface area contributed by atoms with Crippen LogP contribution in [0.4, 0.5) is 0 Å². The minimum atomic E-state index is -3.72. The van der Waals surface area contributed by atoms with Crippen molar-refractivity contribution in [1.29, 1.82) is 0 Å². The maximum atomic E-state index is 12.9. The van der Waals surface area contributed by atoms with E-state index in [1.54, 1.807) is 38.5 Å². The number of ether oxygens (including phenoxy) is 3. The van der Waals surface area contributed by atoms with Crippen LogP contribution in [0.15, 0.2) is 35.2 Å². The molecule has 0 atom stereocenters. The summed E-state index contributed by atoms with van der Waals surface area (Å²) < 4.78 is 44.3. The molecule has 0 aliphatic heterocycles. The van der Waals surface area contributed by atoms with E-state index in [-0.39, 0.29) is 11.4 Å². The summed E-state index contributed by atoms with van der Waals surface area (Å²) >= 11 is 0. The molecule has 0 amide bonds. The quantitative estimate of drug-likeness (QED) is 0.785. The highest BCUT2D eigenvalue weighted by Crippen LogP contribution is 2.32. The van der Waals surface area contributed by atoms with Crippen molar-refractivity contribution >= 4 is 10.0 Å². The fraction of sp³-hybridized carbons (Fsp3) is 0.400. The summed E-state index contributed by atoms with van der Waals surface area (Å²) in [5.41, 5.74) is 3.04. The first-order valence-corrected chi connectivity index (χ1v) is 10.4. The molecule has 146 valence electrons. The lowest BCUT2D eigenvalue weighted by Crippen LogP contribution is -2.24. The number of fused-ring (bicyclic) bond motifs is 1. The van der Waals surface area contributed by atoms with Crippen LogP contribution in [0.1, 0.15) is 29.5 Å². The molecule has 1 aliphatic rings. The highest BCUT2D eigenvalue weighted by molar-refractivity contribution is 7.89. The van der Waals surface area contributed by atoms with E-state index in [4.69, 9.17) is 14.2 Å². The van der Waals surface area contributed by atoms with Crippen LogP contribution < -0.4 is 18.9 Å². The van der Waals surface area contributed by atoms with E-state index in [0.29, 0.717) is 17.2 Å². The van der Waals surface area contributed by atoms with Gasteiger partial charge in [-0.2, -0.15) is 0 Å². The molecule has 6 nitrogen and oxygen atoms in total. The predicted molar refractivity (Wildman–Crippen MR) is 103 cm³/mol. The van der Waals surface area contributed by atoms with Crippen LogP contribution in [0, 0.1) is 0 Å². The first-order valence-electron chi connectivity index (χ1n) is 8.89. The van der Waals surface area contributed by atoms with Crippen molar-refractivity contribution in [1.82, 2.24) is 4.72 Å². The van der Waals surface area contributed by atoms with Gasteiger partial charge in [-0.3, -0.25) is 0 Å². The monoisotopic (exact) mass is 391 g/mol. The van der Waals surface area contributed by atoms with Gasteiger partial charge in [-0.25, -0.2) is 13.1 Å². The number of hydrogen-bond acceptors (Lipinski definition) is 5. The van der Waals surface area contributed by atoms with Crippen molar-refractivity contribution < 1.29 is 22.6 Å². The van der Waals surface area contributed by atoms with Gasteiger partial charge in [0.2, 0.25) is 10.0 Å². The van der Waals surface area contributed by atoms with Gasteiger partial charge >= 0.3 is 0 Å². The van der Waals surface area contributed by atoms with Crippen LogP contribution >= 0.6 is 0 Å². The van der Waals surface area contributed by atoms with E-state index in [1.165, 1.54) is 12.7 Å². The molecule has 3 rings (SSSR count). The molecule has 0 saturated heterocycles. The Kier molecular flexibility index (Phi) is 5.92. The Labute approximate surface area is 160 Å². The molecule has 0 spiro atoms. The molecular weight excluding hydrogens is 366 g/mol. The molecule has 0 saturated carbocycles. The summed E-state index contributed by atoms with van der Waals surface area (Å²) in [5.74, 6) is 1.54. The van der Waals surface area contributed by atoms with Crippen molar-refractivity contribution in [3.8, 4) is 17.2 Å².